The first-order chi connectivity index (χ1) is 18.2. The molecule has 0 aliphatic heterocycles. The maximum absolute atomic E-state index is 6.34. The highest BCUT2D eigenvalue weighted by atomic mass is 35.5. The van der Waals surface area contributed by atoms with E-state index in [0.717, 1.165) is 50.3 Å². The van der Waals surface area contributed by atoms with Crippen LogP contribution in [0.2, 0.25) is 5.02 Å². The fourth-order valence-electron chi connectivity index (χ4n) is 4.48. The number of aromatic nitrogens is 2. The summed E-state index contributed by atoms with van der Waals surface area (Å²) in [4.78, 5) is 9.98. The molecule has 0 spiro atoms. The highest BCUT2D eigenvalue weighted by molar-refractivity contribution is 6.30. The normalized spacial score (nSPS) is 10.8. The van der Waals surface area contributed by atoms with Gasteiger partial charge >= 0.3 is 0 Å². The summed E-state index contributed by atoms with van der Waals surface area (Å²) in [5.41, 5.74) is 9.25. The molecular formula is C34H23ClN2. The summed E-state index contributed by atoms with van der Waals surface area (Å²) in [5.74, 6) is 0.680. The summed E-state index contributed by atoms with van der Waals surface area (Å²) < 4.78 is 0. The van der Waals surface area contributed by atoms with E-state index in [4.69, 9.17) is 21.6 Å². The monoisotopic (exact) mass is 494 g/mol. The topological polar surface area (TPSA) is 25.8 Å². The molecule has 0 amide bonds. The van der Waals surface area contributed by atoms with Crippen LogP contribution in [0, 0.1) is 0 Å². The van der Waals surface area contributed by atoms with Crippen LogP contribution in [0.5, 0.6) is 0 Å². The summed E-state index contributed by atoms with van der Waals surface area (Å²) in [6, 6.07) is 47.5. The third-order valence-electron chi connectivity index (χ3n) is 6.32. The molecule has 3 heteroatoms. The Morgan fingerprint density at radius 1 is 0.351 bits per heavy atom. The minimum Gasteiger partial charge on any atom is -0.228 e. The molecule has 0 fully saturated rings. The number of hydrogen-bond acceptors (Lipinski definition) is 2. The maximum atomic E-state index is 6.34. The standard InChI is InChI=1S/C34H23ClN2/c35-31-18-10-17-27(22-31)32-23-33(37-34(36-32)26-15-8-3-9-16-26)30-20-28(24-11-4-1-5-12-24)19-29(21-30)25-13-6-2-7-14-25/h1-23H. The van der Waals surface area contributed by atoms with Crippen molar-refractivity contribution in [1.82, 2.24) is 9.97 Å². The average molecular weight is 495 g/mol. The Balaban J connectivity index is 1.59. The van der Waals surface area contributed by atoms with Crippen molar-refractivity contribution in [3.8, 4) is 56.2 Å². The van der Waals surface area contributed by atoms with Crippen LogP contribution in [0.3, 0.4) is 0 Å². The Labute approximate surface area is 221 Å². The average Bonchev–Trinajstić information content (AvgIpc) is 2.98. The van der Waals surface area contributed by atoms with E-state index in [1.807, 2.05) is 66.7 Å². The predicted molar refractivity (Wildman–Crippen MR) is 154 cm³/mol. The van der Waals surface area contributed by atoms with Crippen LogP contribution in [-0.2, 0) is 0 Å². The molecular weight excluding hydrogens is 472 g/mol. The molecule has 37 heavy (non-hydrogen) atoms. The molecule has 6 rings (SSSR count). The number of halogens is 1. The van der Waals surface area contributed by atoms with Crippen molar-refractivity contribution in [2.75, 3.05) is 0 Å². The van der Waals surface area contributed by atoms with Crippen molar-refractivity contribution in [2.24, 2.45) is 0 Å². The van der Waals surface area contributed by atoms with Crippen LogP contribution < -0.4 is 0 Å². The van der Waals surface area contributed by atoms with Gasteiger partial charge in [0.15, 0.2) is 5.82 Å². The zero-order valence-corrected chi connectivity index (χ0v) is 20.8. The van der Waals surface area contributed by atoms with E-state index in [0.29, 0.717) is 10.8 Å². The van der Waals surface area contributed by atoms with Crippen molar-refractivity contribution < 1.29 is 0 Å². The van der Waals surface area contributed by atoms with E-state index in [-0.39, 0.29) is 0 Å². The summed E-state index contributed by atoms with van der Waals surface area (Å²) in [5, 5.41) is 0.677. The lowest BCUT2D eigenvalue weighted by molar-refractivity contribution is 1.18. The number of hydrogen-bond donors (Lipinski definition) is 0. The molecule has 0 saturated carbocycles. The third kappa shape index (κ3) is 5.06. The molecule has 0 unspecified atom stereocenters. The van der Waals surface area contributed by atoms with Gasteiger partial charge in [0.05, 0.1) is 11.4 Å². The van der Waals surface area contributed by atoms with Crippen LogP contribution in [0.15, 0.2) is 140 Å². The van der Waals surface area contributed by atoms with Crippen LogP contribution >= 0.6 is 11.6 Å². The maximum Gasteiger partial charge on any atom is 0.160 e. The summed E-state index contributed by atoms with van der Waals surface area (Å²) in [6.45, 7) is 0. The van der Waals surface area contributed by atoms with Gasteiger partial charge in [-0.05, 0) is 58.7 Å². The van der Waals surface area contributed by atoms with Gasteiger partial charge in [-0.1, -0.05) is 115 Å². The molecule has 0 aliphatic carbocycles. The van der Waals surface area contributed by atoms with Gasteiger partial charge < -0.3 is 0 Å². The Bertz CT molecular complexity index is 1610. The third-order valence-corrected chi connectivity index (χ3v) is 6.56. The fraction of sp³-hybridized carbons (Fsp3) is 0. The molecule has 0 radical (unpaired) electrons. The SMILES string of the molecule is Clc1cccc(-c2cc(-c3cc(-c4ccccc4)cc(-c4ccccc4)c3)nc(-c3ccccc3)n2)c1. The first-order valence-corrected chi connectivity index (χ1v) is 12.6. The van der Waals surface area contributed by atoms with Crippen molar-refractivity contribution in [3.63, 3.8) is 0 Å². The van der Waals surface area contributed by atoms with E-state index >= 15 is 0 Å². The molecule has 1 aromatic heterocycles. The highest BCUT2D eigenvalue weighted by Crippen LogP contribution is 2.34. The van der Waals surface area contributed by atoms with Crippen molar-refractivity contribution in [3.05, 3.63) is 145 Å². The molecule has 0 N–H and O–H groups in total. The summed E-state index contributed by atoms with van der Waals surface area (Å²) >= 11 is 6.34. The Hall–Kier alpha value is -4.53. The minimum atomic E-state index is 0.677. The fourth-order valence-corrected chi connectivity index (χ4v) is 4.67. The second-order valence-electron chi connectivity index (χ2n) is 8.87. The van der Waals surface area contributed by atoms with E-state index in [1.54, 1.807) is 0 Å². The Kier molecular flexibility index (Phi) is 6.33. The van der Waals surface area contributed by atoms with Crippen LogP contribution in [0.1, 0.15) is 0 Å². The van der Waals surface area contributed by atoms with Gasteiger partial charge in [-0.15, -0.1) is 0 Å². The summed E-state index contributed by atoms with van der Waals surface area (Å²) in [6.07, 6.45) is 0. The zero-order chi connectivity index (χ0) is 25.0. The van der Waals surface area contributed by atoms with Crippen molar-refractivity contribution >= 4 is 11.6 Å². The van der Waals surface area contributed by atoms with E-state index in [1.165, 1.54) is 0 Å². The molecule has 6 aromatic rings. The van der Waals surface area contributed by atoms with Crippen molar-refractivity contribution in [2.45, 2.75) is 0 Å². The molecule has 0 saturated heterocycles. The van der Waals surface area contributed by atoms with Crippen LogP contribution in [-0.4, -0.2) is 9.97 Å². The second-order valence-corrected chi connectivity index (χ2v) is 9.31. The van der Waals surface area contributed by atoms with Crippen molar-refractivity contribution in [1.29, 1.82) is 0 Å². The number of benzene rings is 5. The second kappa shape index (κ2) is 10.2. The number of nitrogens with zero attached hydrogens (tertiary/aromatic N) is 2. The predicted octanol–water partition coefficient (Wildman–Crippen LogP) is 9.46. The quantitative estimate of drug-likeness (QED) is 0.238. The smallest absolute Gasteiger partial charge is 0.160 e. The zero-order valence-electron chi connectivity index (χ0n) is 20.1. The van der Waals surface area contributed by atoms with Gasteiger partial charge in [-0.3, -0.25) is 0 Å². The lowest BCUT2D eigenvalue weighted by Gasteiger charge is -2.13. The lowest BCUT2D eigenvalue weighted by Crippen LogP contribution is -1.96. The largest absolute Gasteiger partial charge is 0.228 e. The first kappa shape index (κ1) is 22.9. The van der Waals surface area contributed by atoms with Crippen LogP contribution in [0.25, 0.3) is 56.2 Å². The van der Waals surface area contributed by atoms with E-state index in [2.05, 4.69) is 72.8 Å². The molecule has 5 aromatic carbocycles. The molecule has 176 valence electrons. The van der Waals surface area contributed by atoms with Gasteiger partial charge in [-0.2, -0.15) is 0 Å². The number of rotatable bonds is 5. The van der Waals surface area contributed by atoms with E-state index < -0.39 is 0 Å². The first-order valence-electron chi connectivity index (χ1n) is 12.2. The molecule has 0 atom stereocenters. The van der Waals surface area contributed by atoms with Gasteiger partial charge in [-0.25, -0.2) is 9.97 Å². The lowest BCUT2D eigenvalue weighted by atomic mass is 9.94. The Morgan fingerprint density at radius 3 is 1.35 bits per heavy atom. The van der Waals surface area contributed by atoms with Gasteiger partial charge in [0.25, 0.3) is 0 Å². The Morgan fingerprint density at radius 2 is 0.811 bits per heavy atom. The molecule has 2 nitrogen and oxygen atoms in total. The molecule has 1 heterocycles. The molecule has 0 bridgehead atoms. The highest BCUT2D eigenvalue weighted by Gasteiger charge is 2.13. The minimum absolute atomic E-state index is 0.677. The molecule has 0 aliphatic rings. The van der Waals surface area contributed by atoms with Gasteiger partial charge in [0.1, 0.15) is 0 Å². The van der Waals surface area contributed by atoms with Crippen LogP contribution in [0.4, 0.5) is 0 Å². The summed E-state index contributed by atoms with van der Waals surface area (Å²) in [7, 11) is 0. The van der Waals surface area contributed by atoms with E-state index in [9.17, 15) is 0 Å². The van der Waals surface area contributed by atoms with Gasteiger partial charge in [0.2, 0.25) is 0 Å². The van der Waals surface area contributed by atoms with Gasteiger partial charge in [0, 0.05) is 21.7 Å².